The summed E-state index contributed by atoms with van der Waals surface area (Å²) < 4.78 is 15.6. The monoisotopic (exact) mass is 318 g/mol. The lowest BCUT2D eigenvalue weighted by atomic mass is 10.0. The van der Waals surface area contributed by atoms with E-state index in [0.29, 0.717) is 30.8 Å². The molecule has 1 unspecified atom stereocenters. The normalized spacial score (nSPS) is 18.5. The number of carbonyl (C=O) groups excluding carboxylic acids is 1. The number of benzene rings is 1. The van der Waals surface area contributed by atoms with Gasteiger partial charge in [0.05, 0.1) is 11.4 Å². The molecule has 1 aliphatic heterocycles. The van der Waals surface area contributed by atoms with Crippen molar-refractivity contribution in [2.75, 3.05) is 18.1 Å². The van der Waals surface area contributed by atoms with Crippen molar-refractivity contribution in [3.05, 3.63) is 41.5 Å². The van der Waals surface area contributed by atoms with Crippen molar-refractivity contribution in [2.45, 2.75) is 32.2 Å². The zero-order valence-electron chi connectivity index (χ0n) is 12.9. The third kappa shape index (κ3) is 3.10. The Labute approximate surface area is 133 Å². The standard InChI is InChI=1S/C16H19FN4O2/c1-11-4-5-13(17)15(9-11)20-7-2-3-14(16(20)23)21-10-12(6-8-22)18-19-21/h4-5,9-10,14,22H,2-3,6-8H2,1H3. The highest BCUT2D eigenvalue weighted by molar-refractivity contribution is 5.97. The van der Waals surface area contributed by atoms with Crippen molar-refractivity contribution in [2.24, 2.45) is 0 Å². The lowest BCUT2D eigenvalue weighted by molar-refractivity contribution is -0.123. The van der Waals surface area contributed by atoms with E-state index >= 15 is 0 Å². The van der Waals surface area contributed by atoms with Crippen molar-refractivity contribution in [1.29, 1.82) is 0 Å². The molecule has 1 amide bonds. The summed E-state index contributed by atoms with van der Waals surface area (Å²) in [5.41, 5.74) is 1.86. The predicted octanol–water partition coefficient (Wildman–Crippen LogP) is 1.63. The van der Waals surface area contributed by atoms with Crippen LogP contribution in [-0.4, -0.2) is 39.2 Å². The smallest absolute Gasteiger partial charge is 0.251 e. The molecule has 1 aromatic heterocycles. The van der Waals surface area contributed by atoms with Gasteiger partial charge in [-0.3, -0.25) is 4.79 Å². The number of hydrogen-bond acceptors (Lipinski definition) is 4. The average molecular weight is 318 g/mol. The van der Waals surface area contributed by atoms with Gasteiger partial charge in [0, 0.05) is 25.8 Å². The fourth-order valence-electron chi connectivity index (χ4n) is 2.87. The molecule has 3 rings (SSSR count). The second kappa shape index (κ2) is 6.45. The summed E-state index contributed by atoms with van der Waals surface area (Å²) in [6, 6.07) is 4.28. The highest BCUT2D eigenvalue weighted by Crippen LogP contribution is 2.29. The van der Waals surface area contributed by atoms with Gasteiger partial charge in [-0.2, -0.15) is 0 Å². The van der Waals surface area contributed by atoms with E-state index in [0.717, 1.165) is 12.0 Å². The molecule has 0 radical (unpaired) electrons. The number of aromatic nitrogens is 3. The van der Waals surface area contributed by atoms with Crippen LogP contribution in [-0.2, 0) is 11.2 Å². The Morgan fingerprint density at radius 1 is 1.43 bits per heavy atom. The van der Waals surface area contributed by atoms with Gasteiger partial charge in [-0.25, -0.2) is 9.07 Å². The first-order valence-electron chi connectivity index (χ1n) is 7.69. The molecule has 1 aliphatic rings. The number of amides is 1. The van der Waals surface area contributed by atoms with Crippen LogP contribution in [0.15, 0.2) is 24.4 Å². The Balaban J connectivity index is 1.87. The number of aliphatic hydroxyl groups excluding tert-OH is 1. The number of aryl methyl sites for hydroxylation is 1. The van der Waals surface area contributed by atoms with Crippen molar-refractivity contribution < 1.29 is 14.3 Å². The van der Waals surface area contributed by atoms with E-state index in [1.807, 2.05) is 6.92 Å². The molecule has 0 aliphatic carbocycles. The average Bonchev–Trinajstić information content (AvgIpc) is 2.99. The zero-order chi connectivity index (χ0) is 16.4. The molecule has 1 aromatic carbocycles. The van der Waals surface area contributed by atoms with Gasteiger partial charge in [0.1, 0.15) is 11.9 Å². The van der Waals surface area contributed by atoms with Gasteiger partial charge in [0.15, 0.2) is 0 Å². The van der Waals surface area contributed by atoms with E-state index in [2.05, 4.69) is 10.3 Å². The topological polar surface area (TPSA) is 71.2 Å². The number of carbonyl (C=O) groups is 1. The van der Waals surface area contributed by atoms with E-state index in [9.17, 15) is 9.18 Å². The largest absolute Gasteiger partial charge is 0.396 e. The van der Waals surface area contributed by atoms with Gasteiger partial charge in [-0.1, -0.05) is 11.3 Å². The molecule has 2 aromatic rings. The number of nitrogens with zero attached hydrogens (tertiary/aromatic N) is 4. The summed E-state index contributed by atoms with van der Waals surface area (Å²) in [5.74, 6) is -0.578. The number of piperidine rings is 1. The van der Waals surface area contributed by atoms with Gasteiger partial charge in [0.25, 0.3) is 5.91 Å². The summed E-state index contributed by atoms with van der Waals surface area (Å²) in [6.07, 6.45) is 3.48. The lowest BCUT2D eigenvalue weighted by Crippen LogP contribution is -2.43. The van der Waals surface area contributed by atoms with E-state index in [-0.39, 0.29) is 12.5 Å². The summed E-state index contributed by atoms with van der Waals surface area (Å²) in [5, 5.41) is 16.9. The number of aliphatic hydroxyl groups is 1. The van der Waals surface area contributed by atoms with E-state index < -0.39 is 11.9 Å². The molecule has 23 heavy (non-hydrogen) atoms. The minimum absolute atomic E-state index is 0.0159. The van der Waals surface area contributed by atoms with Crippen LogP contribution in [0.5, 0.6) is 0 Å². The fourth-order valence-corrected chi connectivity index (χ4v) is 2.87. The first kappa shape index (κ1) is 15.6. The van der Waals surface area contributed by atoms with Crippen LogP contribution in [0, 0.1) is 12.7 Å². The Bertz CT molecular complexity index is 716. The number of anilines is 1. The zero-order valence-corrected chi connectivity index (χ0v) is 12.9. The summed E-state index contributed by atoms with van der Waals surface area (Å²) >= 11 is 0. The molecule has 1 N–H and O–H groups in total. The Morgan fingerprint density at radius 3 is 3.04 bits per heavy atom. The summed E-state index contributed by atoms with van der Waals surface area (Å²) in [6.45, 7) is 2.35. The molecular formula is C16H19FN4O2. The Kier molecular flexibility index (Phi) is 4.38. The van der Waals surface area contributed by atoms with E-state index in [1.165, 1.54) is 15.6 Å². The van der Waals surface area contributed by atoms with Crippen LogP contribution < -0.4 is 4.90 Å². The fraction of sp³-hybridized carbons (Fsp3) is 0.438. The minimum atomic E-state index is -0.483. The van der Waals surface area contributed by atoms with Gasteiger partial charge in [0.2, 0.25) is 0 Å². The Hall–Kier alpha value is -2.28. The summed E-state index contributed by atoms with van der Waals surface area (Å²) in [4.78, 5) is 14.3. The van der Waals surface area contributed by atoms with Crippen molar-refractivity contribution >= 4 is 11.6 Å². The van der Waals surface area contributed by atoms with E-state index in [4.69, 9.17) is 5.11 Å². The number of hydrogen-bond donors (Lipinski definition) is 1. The molecule has 0 spiro atoms. The number of rotatable bonds is 4. The third-order valence-corrected chi connectivity index (χ3v) is 4.05. The van der Waals surface area contributed by atoms with Crippen LogP contribution >= 0.6 is 0 Å². The maximum atomic E-state index is 14.1. The Morgan fingerprint density at radius 2 is 2.26 bits per heavy atom. The van der Waals surface area contributed by atoms with Gasteiger partial charge < -0.3 is 10.0 Å². The molecule has 0 bridgehead atoms. The molecular weight excluding hydrogens is 299 g/mol. The molecule has 7 heteroatoms. The first-order chi connectivity index (χ1) is 11.1. The molecule has 122 valence electrons. The SMILES string of the molecule is Cc1ccc(F)c(N2CCCC(n3cc(CCO)nn3)C2=O)c1. The molecule has 6 nitrogen and oxygen atoms in total. The molecule has 1 saturated heterocycles. The predicted molar refractivity (Wildman–Crippen MR) is 82.6 cm³/mol. The van der Waals surface area contributed by atoms with Gasteiger partial charge in [-0.05, 0) is 37.5 Å². The van der Waals surface area contributed by atoms with Crippen LogP contribution in [0.3, 0.4) is 0 Å². The quantitative estimate of drug-likeness (QED) is 0.930. The molecule has 1 atom stereocenters. The lowest BCUT2D eigenvalue weighted by Gasteiger charge is -2.32. The molecule has 1 fully saturated rings. The first-order valence-corrected chi connectivity index (χ1v) is 7.69. The van der Waals surface area contributed by atoms with Crippen LogP contribution in [0.4, 0.5) is 10.1 Å². The van der Waals surface area contributed by atoms with Crippen LogP contribution in [0.2, 0.25) is 0 Å². The molecule has 2 heterocycles. The third-order valence-electron chi connectivity index (χ3n) is 4.05. The summed E-state index contributed by atoms with van der Waals surface area (Å²) in [7, 11) is 0. The maximum absolute atomic E-state index is 14.1. The van der Waals surface area contributed by atoms with Crippen molar-refractivity contribution in [1.82, 2.24) is 15.0 Å². The maximum Gasteiger partial charge on any atom is 0.251 e. The highest BCUT2D eigenvalue weighted by atomic mass is 19.1. The van der Waals surface area contributed by atoms with Crippen molar-refractivity contribution in [3.8, 4) is 0 Å². The van der Waals surface area contributed by atoms with E-state index in [1.54, 1.807) is 18.3 Å². The minimum Gasteiger partial charge on any atom is -0.396 e. The van der Waals surface area contributed by atoms with Gasteiger partial charge in [-0.15, -0.1) is 5.10 Å². The van der Waals surface area contributed by atoms with Gasteiger partial charge >= 0.3 is 0 Å². The number of halogens is 1. The van der Waals surface area contributed by atoms with Crippen LogP contribution in [0.25, 0.3) is 0 Å². The second-order valence-electron chi connectivity index (χ2n) is 5.77. The highest BCUT2D eigenvalue weighted by Gasteiger charge is 2.33. The second-order valence-corrected chi connectivity index (χ2v) is 5.77. The molecule has 0 saturated carbocycles. The van der Waals surface area contributed by atoms with Crippen molar-refractivity contribution in [3.63, 3.8) is 0 Å². The van der Waals surface area contributed by atoms with Crippen LogP contribution in [0.1, 0.15) is 30.1 Å².